The van der Waals surface area contributed by atoms with Gasteiger partial charge in [-0.3, -0.25) is 4.99 Å². The summed E-state index contributed by atoms with van der Waals surface area (Å²) in [5.41, 5.74) is 0. The number of piperazine rings is 1. The lowest BCUT2D eigenvalue weighted by molar-refractivity contribution is 0.152. The summed E-state index contributed by atoms with van der Waals surface area (Å²) in [6.07, 6.45) is 6.27. The average Bonchev–Trinajstić information content (AvgIpc) is 2.54. The third-order valence-corrected chi connectivity index (χ3v) is 4.81. The monoisotopic (exact) mass is 467 g/mol. The van der Waals surface area contributed by atoms with Crippen LogP contribution in [0.15, 0.2) is 4.99 Å². The molecule has 0 spiro atoms. The standard InChI is InChI=1S/C19H41N5.HI/c1-17(2)9-8-10-18(3)22-19(20-4)21-11-6-7-12-24-15-13-23(5)14-16-24;/h17-18H,6-16H2,1-5H3,(H2,20,21,22);1H. The zero-order chi connectivity index (χ0) is 17.8. The van der Waals surface area contributed by atoms with Crippen LogP contribution in [0.4, 0.5) is 0 Å². The summed E-state index contributed by atoms with van der Waals surface area (Å²) in [6, 6.07) is 0.486. The first-order valence-corrected chi connectivity index (χ1v) is 9.89. The van der Waals surface area contributed by atoms with Gasteiger partial charge in [-0.2, -0.15) is 0 Å². The summed E-state index contributed by atoms with van der Waals surface area (Å²) >= 11 is 0. The van der Waals surface area contributed by atoms with Crippen molar-refractivity contribution in [3.8, 4) is 0 Å². The van der Waals surface area contributed by atoms with E-state index in [4.69, 9.17) is 0 Å². The van der Waals surface area contributed by atoms with E-state index in [0.29, 0.717) is 6.04 Å². The van der Waals surface area contributed by atoms with E-state index in [1.807, 2.05) is 7.05 Å². The van der Waals surface area contributed by atoms with Crippen molar-refractivity contribution in [3.63, 3.8) is 0 Å². The van der Waals surface area contributed by atoms with Crippen molar-refractivity contribution in [1.82, 2.24) is 20.4 Å². The summed E-state index contributed by atoms with van der Waals surface area (Å²) in [6.45, 7) is 13.9. The molecule has 1 saturated heterocycles. The minimum absolute atomic E-state index is 0. The van der Waals surface area contributed by atoms with Gasteiger partial charge in [-0.25, -0.2) is 0 Å². The maximum Gasteiger partial charge on any atom is 0.191 e. The first-order chi connectivity index (χ1) is 11.5. The van der Waals surface area contributed by atoms with Crippen LogP contribution in [0.3, 0.4) is 0 Å². The van der Waals surface area contributed by atoms with Crippen LogP contribution in [-0.4, -0.2) is 75.2 Å². The second kappa shape index (κ2) is 15.0. The number of hydrogen-bond acceptors (Lipinski definition) is 3. The summed E-state index contributed by atoms with van der Waals surface area (Å²) < 4.78 is 0. The van der Waals surface area contributed by atoms with E-state index < -0.39 is 0 Å². The lowest BCUT2D eigenvalue weighted by Crippen LogP contribution is -2.45. The van der Waals surface area contributed by atoms with Crippen molar-refractivity contribution in [1.29, 1.82) is 0 Å². The Kier molecular flexibility index (Phi) is 15.0. The molecule has 1 fully saturated rings. The van der Waals surface area contributed by atoms with E-state index >= 15 is 0 Å². The normalized spacial score (nSPS) is 18.1. The Morgan fingerprint density at radius 2 is 1.68 bits per heavy atom. The molecule has 5 nitrogen and oxygen atoms in total. The summed E-state index contributed by atoms with van der Waals surface area (Å²) in [4.78, 5) is 9.35. The van der Waals surface area contributed by atoms with E-state index in [1.165, 1.54) is 64.8 Å². The van der Waals surface area contributed by atoms with Crippen molar-refractivity contribution >= 4 is 29.9 Å². The number of aliphatic imine (C=N–C) groups is 1. The van der Waals surface area contributed by atoms with Crippen LogP contribution in [0.5, 0.6) is 0 Å². The fourth-order valence-corrected chi connectivity index (χ4v) is 3.07. The molecule has 25 heavy (non-hydrogen) atoms. The molecule has 0 amide bonds. The SMILES string of the molecule is CN=C(NCCCCN1CCN(C)CC1)NC(C)CCCC(C)C.I. The second-order valence-electron chi connectivity index (χ2n) is 7.72. The van der Waals surface area contributed by atoms with Crippen LogP contribution >= 0.6 is 24.0 Å². The van der Waals surface area contributed by atoms with Crippen molar-refractivity contribution in [2.45, 2.75) is 58.9 Å². The second-order valence-corrected chi connectivity index (χ2v) is 7.72. The van der Waals surface area contributed by atoms with Crippen molar-refractivity contribution < 1.29 is 0 Å². The van der Waals surface area contributed by atoms with Gasteiger partial charge in [0.15, 0.2) is 5.96 Å². The molecule has 1 rings (SSSR count). The molecular weight excluding hydrogens is 425 g/mol. The predicted molar refractivity (Wildman–Crippen MR) is 121 cm³/mol. The van der Waals surface area contributed by atoms with Crippen molar-refractivity contribution in [3.05, 3.63) is 0 Å². The van der Waals surface area contributed by atoms with Gasteiger partial charge in [0.1, 0.15) is 0 Å². The molecule has 1 aliphatic heterocycles. The van der Waals surface area contributed by atoms with Gasteiger partial charge in [-0.05, 0) is 45.7 Å². The van der Waals surface area contributed by atoms with E-state index in [-0.39, 0.29) is 24.0 Å². The molecule has 0 bridgehead atoms. The molecular formula is C19H42IN5. The Bertz CT molecular complexity index is 341. The molecule has 0 aromatic carbocycles. The summed E-state index contributed by atoms with van der Waals surface area (Å²) in [7, 11) is 4.07. The van der Waals surface area contributed by atoms with Gasteiger partial charge in [-0.15, -0.1) is 24.0 Å². The number of nitrogens with zero attached hydrogens (tertiary/aromatic N) is 3. The Morgan fingerprint density at radius 1 is 1.00 bits per heavy atom. The molecule has 0 aliphatic carbocycles. The van der Waals surface area contributed by atoms with Gasteiger partial charge in [-0.1, -0.05) is 26.7 Å². The highest BCUT2D eigenvalue weighted by molar-refractivity contribution is 14.0. The first kappa shape index (κ1) is 24.9. The minimum atomic E-state index is 0. The maximum absolute atomic E-state index is 4.35. The fourth-order valence-electron chi connectivity index (χ4n) is 3.07. The van der Waals surface area contributed by atoms with Crippen LogP contribution < -0.4 is 10.6 Å². The number of halogens is 1. The van der Waals surface area contributed by atoms with Gasteiger partial charge in [0.25, 0.3) is 0 Å². The van der Waals surface area contributed by atoms with E-state index in [1.54, 1.807) is 0 Å². The molecule has 1 aliphatic rings. The zero-order valence-corrected chi connectivity index (χ0v) is 19.5. The predicted octanol–water partition coefficient (Wildman–Crippen LogP) is 3.01. The molecule has 150 valence electrons. The van der Waals surface area contributed by atoms with Gasteiger partial charge >= 0.3 is 0 Å². The van der Waals surface area contributed by atoms with Gasteiger partial charge in [0.2, 0.25) is 0 Å². The van der Waals surface area contributed by atoms with Gasteiger partial charge < -0.3 is 20.4 Å². The molecule has 2 N–H and O–H groups in total. The van der Waals surface area contributed by atoms with E-state index in [0.717, 1.165) is 18.4 Å². The van der Waals surface area contributed by atoms with E-state index in [9.17, 15) is 0 Å². The van der Waals surface area contributed by atoms with E-state index in [2.05, 4.69) is 53.2 Å². The average molecular weight is 467 g/mol. The number of rotatable bonds is 10. The Labute approximate surface area is 173 Å². The zero-order valence-electron chi connectivity index (χ0n) is 17.2. The molecule has 0 aromatic heterocycles. The van der Waals surface area contributed by atoms with Crippen LogP contribution in [0, 0.1) is 5.92 Å². The third-order valence-electron chi connectivity index (χ3n) is 4.81. The lowest BCUT2D eigenvalue weighted by atomic mass is 10.0. The molecule has 1 heterocycles. The fraction of sp³-hybridized carbons (Fsp3) is 0.947. The Morgan fingerprint density at radius 3 is 2.28 bits per heavy atom. The molecule has 1 unspecified atom stereocenters. The largest absolute Gasteiger partial charge is 0.356 e. The molecule has 1 atom stereocenters. The van der Waals surface area contributed by atoms with Crippen LogP contribution in [-0.2, 0) is 0 Å². The third kappa shape index (κ3) is 12.8. The number of hydrogen-bond donors (Lipinski definition) is 2. The molecule has 0 radical (unpaired) electrons. The van der Waals surface area contributed by atoms with Gasteiger partial charge in [0.05, 0.1) is 0 Å². The Hall–Kier alpha value is -0.0800. The number of unbranched alkanes of at least 4 members (excludes halogenated alkanes) is 1. The van der Waals surface area contributed by atoms with Crippen molar-refractivity contribution in [2.24, 2.45) is 10.9 Å². The quantitative estimate of drug-likeness (QED) is 0.224. The lowest BCUT2D eigenvalue weighted by Gasteiger charge is -2.32. The topological polar surface area (TPSA) is 42.9 Å². The minimum Gasteiger partial charge on any atom is -0.356 e. The maximum atomic E-state index is 4.35. The van der Waals surface area contributed by atoms with Gasteiger partial charge in [0, 0.05) is 45.8 Å². The molecule has 0 aromatic rings. The first-order valence-electron chi connectivity index (χ1n) is 9.89. The highest BCUT2D eigenvalue weighted by atomic mass is 127. The number of nitrogens with one attached hydrogen (secondary N) is 2. The summed E-state index contributed by atoms with van der Waals surface area (Å²) in [5, 5.41) is 6.96. The molecule has 6 heteroatoms. The van der Waals surface area contributed by atoms with Crippen LogP contribution in [0.2, 0.25) is 0 Å². The highest BCUT2D eigenvalue weighted by Gasteiger charge is 2.12. The smallest absolute Gasteiger partial charge is 0.191 e. The van der Waals surface area contributed by atoms with Crippen molar-refractivity contribution in [2.75, 3.05) is 53.4 Å². The Balaban J connectivity index is 0.00000576. The van der Waals surface area contributed by atoms with Crippen LogP contribution in [0.25, 0.3) is 0 Å². The summed E-state index contributed by atoms with van der Waals surface area (Å²) in [5.74, 6) is 1.75. The number of likely N-dealkylation sites (N-methyl/N-ethyl adjacent to an activating group) is 1. The molecule has 0 saturated carbocycles. The highest BCUT2D eigenvalue weighted by Crippen LogP contribution is 2.08. The number of guanidine groups is 1. The van der Waals surface area contributed by atoms with Crippen LogP contribution in [0.1, 0.15) is 52.9 Å².